The lowest BCUT2D eigenvalue weighted by molar-refractivity contribution is -0.121. The summed E-state index contributed by atoms with van der Waals surface area (Å²) in [4.78, 5) is 37.3. The maximum atomic E-state index is 12.6. The molecule has 0 saturated carbocycles. The third-order valence-corrected chi connectivity index (χ3v) is 4.90. The Morgan fingerprint density at radius 2 is 1.60 bits per heavy atom. The minimum Gasteiger partial charge on any atom is -0.273 e. The molecule has 3 rings (SSSR count). The van der Waals surface area contributed by atoms with Gasteiger partial charge < -0.3 is 0 Å². The molecule has 0 atom stereocenters. The minimum absolute atomic E-state index is 0.0904. The van der Waals surface area contributed by atoms with Gasteiger partial charge in [-0.15, -0.1) is 0 Å². The van der Waals surface area contributed by atoms with E-state index in [1.165, 1.54) is 10.2 Å². The lowest BCUT2D eigenvalue weighted by atomic mass is 10.0. The van der Waals surface area contributed by atoms with Crippen LogP contribution in [-0.2, 0) is 24.2 Å². The summed E-state index contributed by atoms with van der Waals surface area (Å²) in [6.07, 6.45) is 3.46. The molecule has 0 aliphatic carbocycles. The molecule has 1 aromatic heterocycles. The van der Waals surface area contributed by atoms with Crippen molar-refractivity contribution in [2.45, 2.75) is 46.1 Å². The molecule has 7 heteroatoms. The van der Waals surface area contributed by atoms with Crippen LogP contribution in [0.5, 0.6) is 0 Å². The van der Waals surface area contributed by atoms with Gasteiger partial charge >= 0.3 is 0 Å². The van der Waals surface area contributed by atoms with Gasteiger partial charge in [0.25, 0.3) is 11.5 Å². The lowest BCUT2D eigenvalue weighted by Crippen LogP contribution is -2.43. The lowest BCUT2D eigenvalue weighted by Gasteiger charge is -2.11. The monoisotopic (exact) mass is 406 g/mol. The summed E-state index contributed by atoms with van der Waals surface area (Å²) in [7, 11) is 0. The molecule has 0 radical (unpaired) electrons. The number of nitrogens with zero attached hydrogens (tertiary/aromatic N) is 2. The van der Waals surface area contributed by atoms with Crippen LogP contribution in [0, 0.1) is 0 Å². The SMILES string of the molecule is CCCCc1ccc(CC(=O)NNC(=O)c2nn(CC)c(=O)c3ccccc23)cc1. The van der Waals surface area contributed by atoms with Crippen molar-refractivity contribution < 1.29 is 9.59 Å². The second-order valence-electron chi connectivity index (χ2n) is 7.11. The largest absolute Gasteiger partial charge is 0.290 e. The zero-order chi connectivity index (χ0) is 21.5. The maximum absolute atomic E-state index is 12.6. The highest BCUT2D eigenvalue weighted by Crippen LogP contribution is 2.13. The van der Waals surface area contributed by atoms with Crippen molar-refractivity contribution in [3.05, 3.63) is 75.7 Å². The smallest absolute Gasteiger partial charge is 0.273 e. The number of aromatic nitrogens is 2. The molecule has 156 valence electrons. The number of rotatable bonds is 7. The van der Waals surface area contributed by atoms with Crippen molar-refractivity contribution in [2.75, 3.05) is 0 Å². The zero-order valence-corrected chi connectivity index (χ0v) is 17.3. The normalized spacial score (nSPS) is 10.7. The first-order chi connectivity index (χ1) is 14.5. The predicted octanol–water partition coefficient (Wildman–Crippen LogP) is 2.76. The number of nitrogens with one attached hydrogen (secondary N) is 2. The summed E-state index contributed by atoms with van der Waals surface area (Å²) >= 11 is 0. The molecule has 2 amide bonds. The van der Waals surface area contributed by atoms with Crippen LogP contribution >= 0.6 is 0 Å². The van der Waals surface area contributed by atoms with E-state index in [1.807, 2.05) is 24.3 Å². The number of fused-ring (bicyclic) bond motifs is 1. The fraction of sp³-hybridized carbons (Fsp3) is 0.304. The van der Waals surface area contributed by atoms with Gasteiger partial charge in [0.15, 0.2) is 5.69 Å². The Bertz CT molecular complexity index is 1100. The molecule has 0 saturated heterocycles. The van der Waals surface area contributed by atoms with E-state index in [0.717, 1.165) is 24.8 Å². The van der Waals surface area contributed by atoms with Crippen LogP contribution in [0.4, 0.5) is 0 Å². The van der Waals surface area contributed by atoms with E-state index in [2.05, 4.69) is 22.9 Å². The topological polar surface area (TPSA) is 93.1 Å². The number of unbranched alkanes of at least 4 members (excludes halogenated alkanes) is 1. The molecule has 1 heterocycles. The summed E-state index contributed by atoms with van der Waals surface area (Å²) in [6, 6.07) is 14.7. The van der Waals surface area contributed by atoms with Crippen molar-refractivity contribution in [2.24, 2.45) is 0 Å². The summed E-state index contributed by atoms with van der Waals surface area (Å²) in [5.74, 6) is -0.908. The second-order valence-corrected chi connectivity index (χ2v) is 7.11. The first-order valence-corrected chi connectivity index (χ1v) is 10.2. The third kappa shape index (κ3) is 4.92. The van der Waals surface area contributed by atoms with Gasteiger partial charge in [-0.25, -0.2) is 4.68 Å². The molecule has 2 N–H and O–H groups in total. The Balaban J connectivity index is 1.66. The van der Waals surface area contributed by atoms with Crippen molar-refractivity contribution in [3.63, 3.8) is 0 Å². The van der Waals surface area contributed by atoms with Gasteiger partial charge in [-0.05, 0) is 37.0 Å². The summed E-state index contributed by atoms with van der Waals surface area (Å²) in [6.45, 7) is 4.27. The van der Waals surface area contributed by atoms with E-state index < -0.39 is 5.91 Å². The van der Waals surface area contributed by atoms with Crippen LogP contribution in [0.3, 0.4) is 0 Å². The highest BCUT2D eigenvalue weighted by molar-refractivity contribution is 6.05. The van der Waals surface area contributed by atoms with E-state index >= 15 is 0 Å². The van der Waals surface area contributed by atoms with Gasteiger partial charge in [-0.2, -0.15) is 5.10 Å². The van der Waals surface area contributed by atoms with Crippen LogP contribution in [0.25, 0.3) is 10.8 Å². The molecule has 0 fully saturated rings. The molecule has 0 aliphatic heterocycles. The van der Waals surface area contributed by atoms with E-state index in [9.17, 15) is 14.4 Å². The van der Waals surface area contributed by atoms with Crippen LogP contribution in [0.2, 0.25) is 0 Å². The molecular formula is C23H26N4O3. The Hall–Kier alpha value is -3.48. The molecule has 0 spiro atoms. The minimum atomic E-state index is -0.573. The summed E-state index contributed by atoms with van der Waals surface area (Å²) in [5.41, 5.74) is 6.79. The molecule has 0 bridgehead atoms. The Morgan fingerprint density at radius 1 is 0.933 bits per heavy atom. The number of benzene rings is 2. The first-order valence-electron chi connectivity index (χ1n) is 10.2. The summed E-state index contributed by atoms with van der Waals surface area (Å²) < 4.78 is 1.24. The highest BCUT2D eigenvalue weighted by Gasteiger charge is 2.16. The van der Waals surface area contributed by atoms with Crippen molar-refractivity contribution in [3.8, 4) is 0 Å². The van der Waals surface area contributed by atoms with E-state index in [-0.39, 0.29) is 23.6 Å². The number of amides is 2. The van der Waals surface area contributed by atoms with Crippen molar-refractivity contribution in [1.82, 2.24) is 20.6 Å². The van der Waals surface area contributed by atoms with E-state index in [4.69, 9.17) is 0 Å². The number of hydrogen-bond acceptors (Lipinski definition) is 4. The van der Waals surface area contributed by atoms with Crippen LogP contribution in [0.15, 0.2) is 53.3 Å². The molecule has 7 nitrogen and oxygen atoms in total. The molecule has 3 aromatic rings. The Kier molecular flexibility index (Phi) is 6.95. The molecule has 0 aliphatic rings. The predicted molar refractivity (Wildman–Crippen MR) is 116 cm³/mol. The second kappa shape index (κ2) is 9.82. The van der Waals surface area contributed by atoms with Gasteiger partial charge in [0.05, 0.1) is 11.8 Å². The summed E-state index contributed by atoms with van der Waals surface area (Å²) in [5, 5.41) is 5.01. The number of hydrogen-bond donors (Lipinski definition) is 2. The molecular weight excluding hydrogens is 380 g/mol. The van der Waals surface area contributed by atoms with Gasteiger partial charge in [-0.1, -0.05) is 55.8 Å². The number of carbonyl (C=O) groups excluding carboxylic acids is 2. The average molecular weight is 406 g/mol. The number of carbonyl (C=O) groups is 2. The fourth-order valence-electron chi connectivity index (χ4n) is 3.24. The fourth-order valence-corrected chi connectivity index (χ4v) is 3.24. The van der Waals surface area contributed by atoms with Crippen LogP contribution < -0.4 is 16.4 Å². The standard InChI is InChI=1S/C23H26N4O3/c1-3-5-8-16-11-13-17(14-12-16)15-20(28)24-25-22(29)21-18-9-6-7-10-19(18)23(30)27(4-2)26-21/h6-7,9-14H,3-5,8,15H2,1-2H3,(H,24,28)(H,25,29). The third-order valence-electron chi connectivity index (χ3n) is 4.90. The molecule has 30 heavy (non-hydrogen) atoms. The van der Waals surface area contributed by atoms with Gasteiger partial charge in [0.1, 0.15) is 0 Å². The average Bonchev–Trinajstić information content (AvgIpc) is 2.77. The number of hydrazine groups is 1. The van der Waals surface area contributed by atoms with Crippen molar-refractivity contribution >= 4 is 22.6 Å². The Labute approximate surface area is 175 Å². The zero-order valence-electron chi connectivity index (χ0n) is 17.3. The van der Waals surface area contributed by atoms with Crippen molar-refractivity contribution in [1.29, 1.82) is 0 Å². The maximum Gasteiger partial charge on any atom is 0.290 e. The highest BCUT2D eigenvalue weighted by atomic mass is 16.2. The van der Waals surface area contributed by atoms with Gasteiger partial charge in [-0.3, -0.25) is 25.2 Å². The van der Waals surface area contributed by atoms with Crippen LogP contribution in [-0.4, -0.2) is 21.6 Å². The van der Waals surface area contributed by atoms with E-state index in [1.54, 1.807) is 31.2 Å². The van der Waals surface area contributed by atoms with E-state index in [0.29, 0.717) is 17.3 Å². The Morgan fingerprint density at radius 3 is 2.27 bits per heavy atom. The van der Waals surface area contributed by atoms with Gasteiger partial charge in [0.2, 0.25) is 5.91 Å². The first kappa shape index (κ1) is 21.2. The quantitative estimate of drug-likeness (QED) is 0.590. The molecule has 0 unspecified atom stereocenters. The number of aryl methyl sites for hydroxylation is 2. The molecule has 2 aromatic carbocycles. The van der Waals surface area contributed by atoms with Gasteiger partial charge in [0, 0.05) is 11.9 Å². The van der Waals surface area contributed by atoms with Crippen LogP contribution in [0.1, 0.15) is 48.3 Å².